The fourth-order valence-electron chi connectivity index (χ4n) is 2.64. The van der Waals surface area contributed by atoms with Crippen LogP contribution in [0.4, 0.5) is 14.5 Å². The van der Waals surface area contributed by atoms with Gasteiger partial charge in [0.25, 0.3) is 5.91 Å². The summed E-state index contributed by atoms with van der Waals surface area (Å²) in [5.41, 5.74) is 1.11. The average Bonchev–Trinajstić information content (AvgIpc) is 3.23. The first-order valence-corrected chi connectivity index (χ1v) is 9.61. The highest BCUT2D eigenvalue weighted by molar-refractivity contribution is 8.27. The molecule has 1 fully saturated rings. The average molecular weight is 434 g/mol. The normalized spacial score (nSPS) is 15.7. The Balaban J connectivity index is 1.61. The number of anilines is 1. The van der Waals surface area contributed by atoms with E-state index in [0.29, 0.717) is 26.4 Å². The quantitative estimate of drug-likeness (QED) is 0.359. The van der Waals surface area contributed by atoms with Gasteiger partial charge < -0.3 is 4.42 Å². The Morgan fingerprint density at radius 3 is 2.54 bits per heavy atom. The molecule has 140 valence electrons. The van der Waals surface area contributed by atoms with Crippen LogP contribution in [0.2, 0.25) is 5.02 Å². The van der Waals surface area contributed by atoms with Crippen LogP contribution in [0.25, 0.3) is 17.4 Å². The van der Waals surface area contributed by atoms with Crippen molar-refractivity contribution in [3.63, 3.8) is 0 Å². The van der Waals surface area contributed by atoms with Gasteiger partial charge in [0.05, 0.1) is 15.6 Å². The van der Waals surface area contributed by atoms with Crippen LogP contribution in [-0.2, 0) is 4.79 Å². The predicted octanol–water partition coefficient (Wildman–Crippen LogP) is 6.28. The van der Waals surface area contributed by atoms with Gasteiger partial charge in [0.1, 0.15) is 23.2 Å². The van der Waals surface area contributed by atoms with E-state index < -0.39 is 5.82 Å². The third-order valence-electron chi connectivity index (χ3n) is 3.98. The Kier molecular flexibility index (Phi) is 5.05. The highest BCUT2D eigenvalue weighted by atomic mass is 35.5. The summed E-state index contributed by atoms with van der Waals surface area (Å²) in [6, 6.07) is 13.3. The van der Waals surface area contributed by atoms with Gasteiger partial charge >= 0.3 is 0 Å². The summed E-state index contributed by atoms with van der Waals surface area (Å²) in [6.07, 6.45) is 1.58. The van der Waals surface area contributed by atoms with Gasteiger partial charge in [0, 0.05) is 11.6 Å². The zero-order valence-corrected chi connectivity index (χ0v) is 16.4. The molecule has 0 aliphatic carbocycles. The lowest BCUT2D eigenvalue weighted by Crippen LogP contribution is -2.27. The third kappa shape index (κ3) is 3.61. The molecule has 0 spiro atoms. The van der Waals surface area contributed by atoms with Gasteiger partial charge in [-0.1, -0.05) is 35.6 Å². The molecular weight excluding hydrogens is 424 g/mol. The molecule has 0 N–H and O–H groups in total. The topological polar surface area (TPSA) is 33.5 Å². The smallest absolute Gasteiger partial charge is 0.270 e. The minimum Gasteiger partial charge on any atom is -0.457 e. The van der Waals surface area contributed by atoms with E-state index in [9.17, 15) is 13.6 Å². The number of furan rings is 1. The van der Waals surface area contributed by atoms with E-state index >= 15 is 0 Å². The number of carbonyl (C=O) groups excluding carboxylic acids is 1. The van der Waals surface area contributed by atoms with Crippen LogP contribution in [0, 0.1) is 11.6 Å². The maximum absolute atomic E-state index is 13.4. The van der Waals surface area contributed by atoms with E-state index in [4.69, 9.17) is 28.2 Å². The number of thiocarbonyl (C=S) groups is 1. The van der Waals surface area contributed by atoms with E-state index in [1.54, 1.807) is 30.3 Å². The van der Waals surface area contributed by atoms with Crippen LogP contribution in [0.5, 0.6) is 0 Å². The van der Waals surface area contributed by atoms with E-state index in [-0.39, 0.29) is 16.7 Å². The molecule has 0 radical (unpaired) electrons. The van der Waals surface area contributed by atoms with Gasteiger partial charge in [-0.25, -0.2) is 8.78 Å². The van der Waals surface area contributed by atoms with Crippen LogP contribution in [0.1, 0.15) is 5.76 Å². The van der Waals surface area contributed by atoms with E-state index in [1.165, 1.54) is 35.2 Å². The second kappa shape index (κ2) is 7.50. The van der Waals surface area contributed by atoms with Crippen molar-refractivity contribution < 1.29 is 18.0 Å². The predicted molar refractivity (Wildman–Crippen MR) is 111 cm³/mol. The van der Waals surface area contributed by atoms with Crippen molar-refractivity contribution in [2.75, 3.05) is 4.90 Å². The van der Waals surface area contributed by atoms with Crippen molar-refractivity contribution in [1.82, 2.24) is 0 Å². The van der Waals surface area contributed by atoms with Crippen LogP contribution in [0.15, 0.2) is 63.9 Å². The molecule has 0 unspecified atom stereocenters. The Labute approximate surface area is 173 Å². The van der Waals surface area contributed by atoms with Gasteiger partial charge in [-0.3, -0.25) is 9.69 Å². The molecule has 1 aliphatic heterocycles. The lowest BCUT2D eigenvalue weighted by molar-refractivity contribution is -0.113. The Morgan fingerprint density at radius 2 is 1.82 bits per heavy atom. The molecule has 0 atom stereocenters. The number of amides is 1. The zero-order valence-electron chi connectivity index (χ0n) is 14.0. The standard InChI is InChI=1S/C20H10ClF2NO2S2/c21-15-9-13(5-7-16(15)23)24-19(25)18(28-20(24)27)10-14-6-8-17(26-14)11-1-3-12(22)4-2-11/h1-10H/b18-10-. The lowest BCUT2D eigenvalue weighted by Gasteiger charge is -2.14. The molecule has 3 aromatic rings. The second-order valence-electron chi connectivity index (χ2n) is 5.82. The van der Waals surface area contributed by atoms with Gasteiger partial charge in [-0.2, -0.15) is 0 Å². The first-order valence-electron chi connectivity index (χ1n) is 8.01. The molecule has 3 nitrogen and oxygen atoms in total. The number of carbonyl (C=O) groups is 1. The Bertz CT molecular complexity index is 1130. The maximum atomic E-state index is 13.4. The molecule has 1 amide bonds. The SMILES string of the molecule is O=C1/C(=C/c2ccc(-c3ccc(F)cc3)o2)SC(=S)N1c1ccc(F)c(Cl)c1. The molecule has 0 bridgehead atoms. The Hall–Kier alpha value is -2.48. The lowest BCUT2D eigenvalue weighted by atomic mass is 10.2. The number of hydrogen-bond acceptors (Lipinski definition) is 4. The Morgan fingerprint density at radius 1 is 1.07 bits per heavy atom. The van der Waals surface area contributed by atoms with Crippen molar-refractivity contribution in [2.24, 2.45) is 0 Å². The molecule has 1 aromatic heterocycles. The van der Waals surface area contributed by atoms with E-state index in [1.807, 2.05) is 0 Å². The largest absolute Gasteiger partial charge is 0.457 e. The number of thioether (sulfide) groups is 1. The minimum absolute atomic E-state index is 0.0921. The highest BCUT2D eigenvalue weighted by Gasteiger charge is 2.33. The van der Waals surface area contributed by atoms with Crippen molar-refractivity contribution in [3.05, 3.63) is 81.9 Å². The molecule has 4 rings (SSSR count). The summed E-state index contributed by atoms with van der Waals surface area (Å²) in [5.74, 6) is -0.253. The summed E-state index contributed by atoms with van der Waals surface area (Å²) in [4.78, 5) is 14.4. The van der Waals surface area contributed by atoms with Crippen LogP contribution in [0.3, 0.4) is 0 Å². The molecule has 28 heavy (non-hydrogen) atoms. The summed E-state index contributed by atoms with van der Waals surface area (Å²) in [7, 11) is 0. The maximum Gasteiger partial charge on any atom is 0.270 e. The van der Waals surface area contributed by atoms with E-state index in [2.05, 4.69) is 0 Å². The summed E-state index contributed by atoms with van der Waals surface area (Å²) in [6.45, 7) is 0. The van der Waals surface area contributed by atoms with Crippen LogP contribution >= 0.6 is 35.6 Å². The fraction of sp³-hybridized carbons (Fsp3) is 0. The molecule has 8 heteroatoms. The molecular formula is C20H10ClF2NO2S2. The fourth-order valence-corrected chi connectivity index (χ4v) is 4.10. The highest BCUT2D eigenvalue weighted by Crippen LogP contribution is 2.37. The number of benzene rings is 2. The third-order valence-corrected chi connectivity index (χ3v) is 5.58. The summed E-state index contributed by atoms with van der Waals surface area (Å²) in [5, 5.41) is -0.0921. The van der Waals surface area contributed by atoms with Gasteiger partial charge in [0.15, 0.2) is 4.32 Å². The number of nitrogens with zero attached hydrogens (tertiary/aromatic N) is 1. The first kappa shape index (κ1) is 18.9. The van der Waals surface area contributed by atoms with Crippen molar-refractivity contribution >= 4 is 57.6 Å². The zero-order chi connectivity index (χ0) is 19.8. The van der Waals surface area contributed by atoms with Crippen molar-refractivity contribution in [1.29, 1.82) is 0 Å². The number of rotatable bonds is 3. The molecule has 2 aromatic carbocycles. The second-order valence-corrected chi connectivity index (χ2v) is 7.91. The summed E-state index contributed by atoms with van der Waals surface area (Å²) < 4.78 is 32.5. The van der Waals surface area contributed by atoms with Crippen LogP contribution in [-0.4, -0.2) is 10.2 Å². The number of halogens is 3. The van der Waals surface area contributed by atoms with Crippen molar-refractivity contribution in [2.45, 2.75) is 0 Å². The molecule has 0 saturated carbocycles. The number of hydrogen-bond donors (Lipinski definition) is 0. The van der Waals surface area contributed by atoms with Gasteiger partial charge in [-0.05, 0) is 54.6 Å². The molecule has 2 heterocycles. The van der Waals surface area contributed by atoms with Crippen LogP contribution < -0.4 is 4.90 Å². The first-order chi connectivity index (χ1) is 13.4. The molecule has 1 aliphatic rings. The minimum atomic E-state index is -0.574. The van der Waals surface area contributed by atoms with Crippen molar-refractivity contribution in [3.8, 4) is 11.3 Å². The molecule has 1 saturated heterocycles. The van der Waals surface area contributed by atoms with Gasteiger partial charge in [0.2, 0.25) is 0 Å². The van der Waals surface area contributed by atoms with E-state index in [0.717, 1.165) is 17.3 Å². The van der Waals surface area contributed by atoms with Gasteiger partial charge in [-0.15, -0.1) is 0 Å². The monoisotopic (exact) mass is 433 g/mol. The summed E-state index contributed by atoms with van der Waals surface area (Å²) >= 11 is 12.2.